The van der Waals surface area contributed by atoms with Gasteiger partial charge in [0.25, 0.3) is 0 Å². The van der Waals surface area contributed by atoms with Crippen LogP contribution >= 0.6 is 0 Å². The number of aliphatic hydroxyl groups is 2. The van der Waals surface area contributed by atoms with Crippen LogP contribution < -0.4 is 14.2 Å². The van der Waals surface area contributed by atoms with Crippen molar-refractivity contribution in [1.29, 1.82) is 0 Å². The van der Waals surface area contributed by atoms with Crippen LogP contribution in [-0.4, -0.2) is 42.3 Å². The molecule has 0 aliphatic carbocycles. The fourth-order valence-corrected chi connectivity index (χ4v) is 2.37. The van der Waals surface area contributed by atoms with E-state index in [1.54, 1.807) is 24.3 Å². The summed E-state index contributed by atoms with van der Waals surface area (Å²) in [5.41, 5.74) is 1.30. The average molecular weight is 346 g/mol. The van der Waals surface area contributed by atoms with Crippen molar-refractivity contribution >= 4 is 6.08 Å². The lowest BCUT2D eigenvalue weighted by Gasteiger charge is -2.24. The van der Waals surface area contributed by atoms with Crippen LogP contribution in [0.5, 0.6) is 23.0 Å². The molecule has 0 saturated heterocycles. The molecule has 6 nitrogen and oxygen atoms in total. The Balaban J connectivity index is 2.26. The quantitative estimate of drug-likeness (QED) is 0.681. The molecule has 2 atom stereocenters. The summed E-state index contributed by atoms with van der Waals surface area (Å²) in [6.45, 7) is 3.28. The molecular formula is C19H22O6. The number of benzene rings is 2. The van der Waals surface area contributed by atoms with Gasteiger partial charge in [0.15, 0.2) is 29.1 Å². The lowest BCUT2D eigenvalue weighted by Crippen LogP contribution is -2.29. The molecule has 0 aliphatic heterocycles. The van der Waals surface area contributed by atoms with Crippen molar-refractivity contribution in [1.82, 2.24) is 0 Å². The Hall–Kier alpha value is -2.70. The molecule has 0 spiro atoms. The Bertz CT molecular complexity index is 728. The maximum absolute atomic E-state index is 10.5. The van der Waals surface area contributed by atoms with Gasteiger partial charge in [0, 0.05) is 0 Å². The molecule has 0 amide bonds. The van der Waals surface area contributed by atoms with E-state index in [0.29, 0.717) is 17.1 Å². The Labute approximate surface area is 146 Å². The Morgan fingerprint density at radius 2 is 1.76 bits per heavy atom. The van der Waals surface area contributed by atoms with E-state index in [-0.39, 0.29) is 11.5 Å². The van der Waals surface area contributed by atoms with Crippen LogP contribution in [0.25, 0.3) is 6.08 Å². The van der Waals surface area contributed by atoms with Gasteiger partial charge in [-0.15, -0.1) is 0 Å². The fraction of sp³-hybridized carbons (Fsp3) is 0.263. The number of hydrogen-bond donors (Lipinski definition) is 3. The minimum Gasteiger partial charge on any atom is -0.504 e. The molecule has 0 fully saturated rings. The lowest BCUT2D eigenvalue weighted by atomic mass is 10.0. The number of phenolic OH excluding ortho intramolecular Hbond substituents is 1. The SMILES string of the molecule is C=Cc1ccc(OC(CO)C(O)c2ccc(O)c(OC)c2)c(OC)c1. The first kappa shape index (κ1) is 18.6. The number of aliphatic hydroxyl groups excluding tert-OH is 2. The van der Waals surface area contributed by atoms with Gasteiger partial charge in [-0.3, -0.25) is 0 Å². The number of rotatable bonds is 8. The predicted molar refractivity (Wildman–Crippen MR) is 94.2 cm³/mol. The molecule has 2 rings (SSSR count). The number of methoxy groups -OCH3 is 2. The summed E-state index contributed by atoms with van der Waals surface area (Å²) in [6.07, 6.45) is -0.395. The van der Waals surface area contributed by atoms with Crippen LogP contribution in [0.2, 0.25) is 0 Å². The second kappa shape index (κ2) is 8.41. The van der Waals surface area contributed by atoms with Crippen molar-refractivity contribution in [2.24, 2.45) is 0 Å². The number of ether oxygens (including phenoxy) is 3. The molecule has 3 N–H and O–H groups in total. The summed E-state index contributed by atoms with van der Waals surface area (Å²) in [5.74, 6) is 1.03. The average Bonchev–Trinajstić information content (AvgIpc) is 2.65. The fourth-order valence-electron chi connectivity index (χ4n) is 2.37. The van der Waals surface area contributed by atoms with E-state index in [2.05, 4.69) is 6.58 Å². The minimum absolute atomic E-state index is 0.0402. The highest BCUT2D eigenvalue weighted by Crippen LogP contribution is 2.34. The summed E-state index contributed by atoms with van der Waals surface area (Å²) in [5, 5.41) is 29.8. The third-order valence-corrected chi connectivity index (χ3v) is 3.78. The molecule has 2 aromatic rings. The number of hydrogen-bond acceptors (Lipinski definition) is 6. The lowest BCUT2D eigenvalue weighted by molar-refractivity contribution is -0.000515. The summed E-state index contributed by atoms with van der Waals surface area (Å²) in [7, 11) is 2.92. The second-order valence-electron chi connectivity index (χ2n) is 5.33. The van der Waals surface area contributed by atoms with Crippen LogP contribution in [0.15, 0.2) is 43.0 Å². The zero-order valence-electron chi connectivity index (χ0n) is 14.2. The van der Waals surface area contributed by atoms with Gasteiger partial charge < -0.3 is 29.5 Å². The van der Waals surface area contributed by atoms with E-state index >= 15 is 0 Å². The van der Waals surface area contributed by atoms with E-state index < -0.39 is 18.8 Å². The van der Waals surface area contributed by atoms with Crippen LogP contribution in [-0.2, 0) is 0 Å². The highest BCUT2D eigenvalue weighted by atomic mass is 16.5. The third kappa shape index (κ3) is 4.23. The predicted octanol–water partition coefficient (Wildman–Crippen LogP) is 2.53. The maximum atomic E-state index is 10.5. The summed E-state index contributed by atoms with van der Waals surface area (Å²) < 4.78 is 16.1. The second-order valence-corrected chi connectivity index (χ2v) is 5.33. The molecular weight excluding hydrogens is 324 g/mol. The van der Waals surface area contributed by atoms with Gasteiger partial charge in [-0.2, -0.15) is 0 Å². The van der Waals surface area contributed by atoms with Crippen molar-refractivity contribution < 1.29 is 29.5 Å². The molecule has 134 valence electrons. The first-order valence-electron chi connectivity index (χ1n) is 7.67. The van der Waals surface area contributed by atoms with Gasteiger partial charge in [0.2, 0.25) is 0 Å². The van der Waals surface area contributed by atoms with E-state index in [0.717, 1.165) is 5.56 Å². The Morgan fingerprint density at radius 3 is 2.36 bits per heavy atom. The number of phenols is 1. The third-order valence-electron chi connectivity index (χ3n) is 3.78. The van der Waals surface area contributed by atoms with E-state index in [4.69, 9.17) is 14.2 Å². The molecule has 0 heterocycles. The molecule has 0 bridgehead atoms. The minimum atomic E-state index is -1.14. The van der Waals surface area contributed by atoms with Crippen molar-refractivity contribution in [3.63, 3.8) is 0 Å². The Kier molecular flexibility index (Phi) is 6.27. The van der Waals surface area contributed by atoms with Crippen molar-refractivity contribution in [2.75, 3.05) is 20.8 Å². The zero-order valence-corrected chi connectivity index (χ0v) is 14.2. The molecule has 0 radical (unpaired) electrons. The molecule has 6 heteroatoms. The van der Waals surface area contributed by atoms with Crippen molar-refractivity contribution in [3.8, 4) is 23.0 Å². The standard InChI is InChI=1S/C19H22O6/c1-4-12-5-8-15(17(9-12)24-3)25-18(11-20)19(22)13-6-7-14(21)16(10-13)23-2/h4-10,18-22H,1,11H2,2-3H3. The van der Waals surface area contributed by atoms with E-state index in [9.17, 15) is 15.3 Å². The molecule has 0 aromatic heterocycles. The highest BCUT2D eigenvalue weighted by Gasteiger charge is 2.24. The van der Waals surface area contributed by atoms with Gasteiger partial charge in [-0.05, 0) is 35.4 Å². The van der Waals surface area contributed by atoms with E-state index in [1.165, 1.54) is 32.4 Å². The summed E-state index contributed by atoms with van der Waals surface area (Å²) in [6, 6.07) is 9.65. The topological polar surface area (TPSA) is 88.4 Å². The maximum Gasteiger partial charge on any atom is 0.161 e. The van der Waals surface area contributed by atoms with E-state index in [1.807, 2.05) is 0 Å². The molecule has 25 heavy (non-hydrogen) atoms. The monoisotopic (exact) mass is 346 g/mol. The van der Waals surface area contributed by atoms with Crippen LogP contribution in [0.4, 0.5) is 0 Å². The van der Waals surface area contributed by atoms with Crippen LogP contribution in [0.1, 0.15) is 17.2 Å². The highest BCUT2D eigenvalue weighted by molar-refractivity contribution is 5.54. The normalized spacial score (nSPS) is 13.0. The summed E-state index contributed by atoms with van der Waals surface area (Å²) in [4.78, 5) is 0. The largest absolute Gasteiger partial charge is 0.504 e. The van der Waals surface area contributed by atoms with Gasteiger partial charge in [-0.1, -0.05) is 24.8 Å². The number of aromatic hydroxyl groups is 1. The van der Waals surface area contributed by atoms with Crippen molar-refractivity contribution in [2.45, 2.75) is 12.2 Å². The molecule has 0 aliphatic rings. The van der Waals surface area contributed by atoms with Gasteiger partial charge in [-0.25, -0.2) is 0 Å². The summed E-state index contributed by atoms with van der Waals surface area (Å²) >= 11 is 0. The smallest absolute Gasteiger partial charge is 0.161 e. The molecule has 2 aromatic carbocycles. The zero-order chi connectivity index (χ0) is 18.4. The van der Waals surface area contributed by atoms with Crippen molar-refractivity contribution in [3.05, 3.63) is 54.1 Å². The molecule has 2 unspecified atom stereocenters. The molecule has 0 saturated carbocycles. The van der Waals surface area contributed by atoms with Crippen LogP contribution in [0, 0.1) is 0 Å². The van der Waals surface area contributed by atoms with Gasteiger partial charge in [0.05, 0.1) is 20.8 Å². The van der Waals surface area contributed by atoms with Crippen LogP contribution in [0.3, 0.4) is 0 Å². The first-order valence-corrected chi connectivity index (χ1v) is 7.67. The first-order chi connectivity index (χ1) is 12.0. The Morgan fingerprint density at radius 1 is 1.04 bits per heavy atom. The van der Waals surface area contributed by atoms with Gasteiger partial charge >= 0.3 is 0 Å². The van der Waals surface area contributed by atoms with Gasteiger partial charge in [0.1, 0.15) is 6.10 Å².